The molecule has 1 aromatic carbocycles. The summed E-state index contributed by atoms with van der Waals surface area (Å²) in [4.78, 5) is 0. The molecule has 0 radical (unpaired) electrons. The maximum Gasteiger partial charge on any atom is 0.119 e. The molecule has 1 fully saturated rings. The molecule has 0 aliphatic heterocycles. The summed E-state index contributed by atoms with van der Waals surface area (Å²) in [7, 11) is 1.74. The van der Waals surface area contributed by atoms with Crippen LogP contribution in [0.5, 0.6) is 5.75 Å². The predicted molar refractivity (Wildman–Crippen MR) is 80.8 cm³/mol. The molecule has 2 unspecified atom stereocenters. The van der Waals surface area contributed by atoms with Crippen LogP contribution >= 0.6 is 0 Å². The van der Waals surface area contributed by atoms with Crippen LogP contribution in [0.1, 0.15) is 46.1 Å². The Hall–Kier alpha value is -1.02. The molecule has 1 aromatic rings. The smallest absolute Gasteiger partial charge is 0.119 e. The van der Waals surface area contributed by atoms with E-state index in [1.54, 1.807) is 7.11 Å². The lowest BCUT2D eigenvalue weighted by molar-refractivity contribution is 0.385. The van der Waals surface area contributed by atoms with Crippen LogP contribution < -0.4 is 10.1 Å². The molecule has 2 heteroatoms. The standard InChI is InChI=1S/C17H27NO/c1-6-13-11-17(13,12-18-16(2,3)4)14-8-7-9-15(10-14)19-5/h7-10,13,18H,6,11-12H2,1-5H3. The lowest BCUT2D eigenvalue weighted by Gasteiger charge is -2.26. The second-order valence-electron chi connectivity index (χ2n) is 6.80. The van der Waals surface area contributed by atoms with E-state index >= 15 is 0 Å². The fraction of sp³-hybridized carbons (Fsp3) is 0.647. The highest BCUT2D eigenvalue weighted by Crippen LogP contribution is 2.56. The van der Waals surface area contributed by atoms with Crippen molar-refractivity contribution in [3.63, 3.8) is 0 Å². The Balaban J connectivity index is 2.20. The molecule has 2 rings (SSSR count). The van der Waals surface area contributed by atoms with Crippen molar-refractivity contribution in [1.29, 1.82) is 0 Å². The summed E-state index contributed by atoms with van der Waals surface area (Å²) < 4.78 is 5.37. The number of nitrogens with one attached hydrogen (secondary N) is 1. The maximum atomic E-state index is 5.37. The van der Waals surface area contributed by atoms with Gasteiger partial charge in [-0.2, -0.15) is 0 Å². The summed E-state index contributed by atoms with van der Waals surface area (Å²) in [5.41, 5.74) is 1.92. The minimum atomic E-state index is 0.173. The third-order valence-electron chi connectivity index (χ3n) is 4.30. The zero-order chi connectivity index (χ0) is 14.1. The van der Waals surface area contributed by atoms with E-state index < -0.39 is 0 Å². The quantitative estimate of drug-likeness (QED) is 0.871. The molecule has 1 N–H and O–H groups in total. The van der Waals surface area contributed by atoms with E-state index in [0.29, 0.717) is 5.41 Å². The Kier molecular flexibility index (Phi) is 3.91. The summed E-state index contributed by atoms with van der Waals surface area (Å²) in [5.74, 6) is 1.77. The first kappa shape index (κ1) is 14.4. The molecule has 106 valence electrons. The van der Waals surface area contributed by atoms with Gasteiger partial charge in [0.25, 0.3) is 0 Å². The molecule has 0 aromatic heterocycles. The average molecular weight is 261 g/mol. The van der Waals surface area contributed by atoms with Crippen molar-refractivity contribution in [2.24, 2.45) is 5.92 Å². The maximum absolute atomic E-state index is 5.37. The fourth-order valence-corrected chi connectivity index (χ4v) is 2.94. The second-order valence-corrected chi connectivity index (χ2v) is 6.80. The molecule has 1 saturated carbocycles. The highest BCUT2D eigenvalue weighted by Gasteiger charge is 2.53. The Labute approximate surface area is 117 Å². The van der Waals surface area contributed by atoms with Crippen LogP contribution in [-0.4, -0.2) is 19.2 Å². The molecule has 0 amide bonds. The minimum Gasteiger partial charge on any atom is -0.497 e. The summed E-state index contributed by atoms with van der Waals surface area (Å²) in [6, 6.07) is 8.60. The van der Waals surface area contributed by atoms with E-state index in [-0.39, 0.29) is 5.54 Å². The lowest BCUT2D eigenvalue weighted by Crippen LogP contribution is -2.41. The van der Waals surface area contributed by atoms with Crippen molar-refractivity contribution in [3.05, 3.63) is 29.8 Å². The van der Waals surface area contributed by atoms with Crippen LogP contribution in [0.4, 0.5) is 0 Å². The molecular weight excluding hydrogens is 234 g/mol. The summed E-state index contributed by atoms with van der Waals surface area (Å²) in [5, 5.41) is 3.68. The van der Waals surface area contributed by atoms with Crippen molar-refractivity contribution in [1.82, 2.24) is 5.32 Å². The molecule has 0 saturated heterocycles. The van der Waals surface area contributed by atoms with E-state index in [1.165, 1.54) is 18.4 Å². The van der Waals surface area contributed by atoms with Crippen molar-refractivity contribution in [2.75, 3.05) is 13.7 Å². The molecule has 19 heavy (non-hydrogen) atoms. The second kappa shape index (κ2) is 5.16. The zero-order valence-electron chi connectivity index (χ0n) is 12.9. The van der Waals surface area contributed by atoms with Crippen molar-refractivity contribution in [3.8, 4) is 5.75 Å². The average Bonchev–Trinajstić information content (AvgIpc) is 3.11. The summed E-state index contributed by atoms with van der Waals surface area (Å²) >= 11 is 0. The third kappa shape index (κ3) is 3.11. The van der Waals surface area contributed by atoms with Crippen molar-refractivity contribution < 1.29 is 4.74 Å². The van der Waals surface area contributed by atoms with Crippen molar-refractivity contribution in [2.45, 2.75) is 51.5 Å². The fourth-order valence-electron chi connectivity index (χ4n) is 2.94. The van der Waals surface area contributed by atoms with E-state index in [1.807, 2.05) is 6.07 Å². The minimum absolute atomic E-state index is 0.173. The molecule has 0 spiro atoms. The number of hydrogen-bond acceptors (Lipinski definition) is 2. The van der Waals surface area contributed by atoms with Crippen LogP contribution in [0.25, 0.3) is 0 Å². The Morgan fingerprint density at radius 1 is 1.37 bits per heavy atom. The van der Waals surface area contributed by atoms with Gasteiger partial charge in [-0.1, -0.05) is 25.5 Å². The van der Waals surface area contributed by atoms with E-state index in [4.69, 9.17) is 4.74 Å². The van der Waals surface area contributed by atoms with Gasteiger partial charge in [0.2, 0.25) is 0 Å². The summed E-state index contributed by atoms with van der Waals surface area (Å²) in [6.45, 7) is 10.0. The Morgan fingerprint density at radius 3 is 2.63 bits per heavy atom. The molecule has 1 aliphatic rings. The first-order chi connectivity index (χ1) is 8.91. The van der Waals surface area contributed by atoms with Gasteiger partial charge in [0.1, 0.15) is 5.75 Å². The largest absolute Gasteiger partial charge is 0.497 e. The van der Waals surface area contributed by atoms with Crippen LogP contribution in [-0.2, 0) is 5.41 Å². The van der Waals surface area contributed by atoms with Gasteiger partial charge < -0.3 is 10.1 Å². The van der Waals surface area contributed by atoms with E-state index in [0.717, 1.165) is 18.2 Å². The van der Waals surface area contributed by atoms with Gasteiger partial charge in [-0.3, -0.25) is 0 Å². The van der Waals surface area contributed by atoms with Gasteiger partial charge in [-0.25, -0.2) is 0 Å². The molecular formula is C17H27NO. The predicted octanol–water partition coefficient (Wildman–Crippen LogP) is 3.75. The number of methoxy groups -OCH3 is 1. The lowest BCUT2D eigenvalue weighted by atomic mass is 9.91. The molecule has 1 aliphatic carbocycles. The Morgan fingerprint density at radius 2 is 2.11 bits per heavy atom. The van der Waals surface area contributed by atoms with Gasteiger partial charge in [-0.05, 0) is 50.8 Å². The van der Waals surface area contributed by atoms with Crippen LogP contribution in [0, 0.1) is 5.92 Å². The number of rotatable bonds is 5. The van der Waals surface area contributed by atoms with Crippen molar-refractivity contribution >= 4 is 0 Å². The van der Waals surface area contributed by atoms with Gasteiger partial charge in [0.05, 0.1) is 7.11 Å². The molecule has 2 atom stereocenters. The van der Waals surface area contributed by atoms with Crippen LogP contribution in [0.15, 0.2) is 24.3 Å². The molecule has 0 heterocycles. The van der Waals surface area contributed by atoms with Gasteiger partial charge in [0.15, 0.2) is 0 Å². The van der Waals surface area contributed by atoms with Gasteiger partial charge >= 0.3 is 0 Å². The van der Waals surface area contributed by atoms with Gasteiger partial charge in [0, 0.05) is 17.5 Å². The highest BCUT2D eigenvalue weighted by molar-refractivity contribution is 5.39. The van der Waals surface area contributed by atoms with Crippen LogP contribution in [0.2, 0.25) is 0 Å². The molecule has 2 nitrogen and oxygen atoms in total. The first-order valence-electron chi connectivity index (χ1n) is 7.31. The topological polar surface area (TPSA) is 21.3 Å². The first-order valence-corrected chi connectivity index (χ1v) is 7.31. The third-order valence-corrected chi connectivity index (χ3v) is 4.30. The number of hydrogen-bond donors (Lipinski definition) is 1. The van der Waals surface area contributed by atoms with E-state index in [9.17, 15) is 0 Å². The van der Waals surface area contributed by atoms with E-state index in [2.05, 4.69) is 51.2 Å². The summed E-state index contributed by atoms with van der Waals surface area (Å²) in [6.07, 6.45) is 2.54. The van der Waals surface area contributed by atoms with Crippen LogP contribution in [0.3, 0.4) is 0 Å². The monoisotopic (exact) mass is 261 g/mol. The zero-order valence-corrected chi connectivity index (χ0v) is 12.9. The number of ether oxygens (including phenoxy) is 1. The SMILES string of the molecule is CCC1CC1(CNC(C)(C)C)c1cccc(OC)c1. The normalized spacial score (nSPS) is 26.3. The Bertz CT molecular complexity index is 435. The number of benzene rings is 1. The highest BCUT2D eigenvalue weighted by atomic mass is 16.5. The molecule has 0 bridgehead atoms. The van der Waals surface area contributed by atoms with Gasteiger partial charge in [-0.15, -0.1) is 0 Å².